The maximum atomic E-state index is 2.54. The Morgan fingerprint density at radius 2 is 1.23 bits per heavy atom. The van der Waals surface area contributed by atoms with Gasteiger partial charge >= 0.3 is 0 Å². The zero-order valence-corrected chi connectivity index (χ0v) is 21.5. The molecule has 0 saturated heterocycles. The predicted octanol–water partition coefficient (Wildman–Crippen LogP) is 8.54. The van der Waals surface area contributed by atoms with Crippen LogP contribution in [0.4, 0.5) is 0 Å². The second-order valence-electron chi connectivity index (χ2n) is 11.8. The molecule has 2 heteroatoms. The molecule has 0 bridgehead atoms. The summed E-state index contributed by atoms with van der Waals surface area (Å²) in [5, 5.41) is 1.16. The Morgan fingerprint density at radius 1 is 0.731 bits per heavy atom. The zero-order chi connectivity index (χ0) is 20.6. The molecule has 0 saturated carbocycles. The van der Waals surface area contributed by atoms with Gasteiger partial charge in [0.15, 0.2) is 0 Å². The first-order chi connectivity index (χ1) is 11.4. The lowest BCUT2D eigenvalue weighted by molar-refractivity contribution is 0.589. The van der Waals surface area contributed by atoms with Crippen LogP contribution in [0.5, 0.6) is 0 Å². The van der Waals surface area contributed by atoms with Crippen LogP contribution in [0.2, 0.25) is 0 Å². The van der Waals surface area contributed by atoms with Gasteiger partial charge in [-0.15, -0.1) is 8.58 Å². The first kappa shape index (κ1) is 24.1. The van der Waals surface area contributed by atoms with Crippen LogP contribution >= 0.6 is 16.5 Å². The van der Waals surface area contributed by atoms with Crippen LogP contribution in [0.3, 0.4) is 0 Å². The molecule has 1 rings (SSSR count). The standard InChI is InChI=1S/C24H44P2/c1-21(2,3)20-14-13-18(16-25-22(4,5)6)19(15-20)17-26(23(7,8)9)24(10,11)12/h13-15,25H,16-17H2,1-12H3. The molecule has 0 nitrogen and oxygen atoms in total. The van der Waals surface area contributed by atoms with Crippen molar-refractivity contribution < 1.29 is 0 Å². The molecular weight excluding hydrogens is 350 g/mol. The summed E-state index contributed by atoms with van der Waals surface area (Å²) in [6.07, 6.45) is 2.47. The van der Waals surface area contributed by atoms with Gasteiger partial charge in [-0.1, -0.05) is 109 Å². The SMILES string of the molecule is CC(C)(C)PCc1ccc(C(C)(C)C)cc1CP(C(C)(C)C)C(C)(C)C. The molecule has 1 unspecified atom stereocenters. The summed E-state index contributed by atoms with van der Waals surface area (Å²) < 4.78 is 0. The Hall–Kier alpha value is 0.0800. The number of rotatable bonds is 4. The average Bonchev–Trinajstić information content (AvgIpc) is 2.38. The second kappa shape index (κ2) is 8.21. The molecule has 0 N–H and O–H groups in total. The van der Waals surface area contributed by atoms with E-state index in [-0.39, 0.29) is 13.3 Å². The van der Waals surface area contributed by atoms with Crippen LogP contribution < -0.4 is 0 Å². The lowest BCUT2D eigenvalue weighted by Crippen LogP contribution is -2.26. The fourth-order valence-corrected chi connectivity index (χ4v) is 8.09. The summed E-state index contributed by atoms with van der Waals surface area (Å²) >= 11 is 0. The van der Waals surface area contributed by atoms with E-state index in [1.807, 2.05) is 0 Å². The maximum Gasteiger partial charge on any atom is -0.00607 e. The average molecular weight is 395 g/mol. The number of hydrogen-bond donors (Lipinski definition) is 0. The van der Waals surface area contributed by atoms with Gasteiger partial charge < -0.3 is 0 Å². The minimum absolute atomic E-state index is 0.119. The monoisotopic (exact) mass is 394 g/mol. The number of benzene rings is 1. The van der Waals surface area contributed by atoms with E-state index in [1.165, 1.54) is 17.9 Å². The molecule has 0 aliphatic carbocycles. The molecule has 1 atom stereocenters. The first-order valence-corrected chi connectivity index (χ1v) is 12.8. The quantitative estimate of drug-likeness (QED) is 0.449. The van der Waals surface area contributed by atoms with Crippen LogP contribution in [0.1, 0.15) is 99.8 Å². The minimum atomic E-state index is -0.119. The molecule has 26 heavy (non-hydrogen) atoms. The van der Waals surface area contributed by atoms with E-state index in [2.05, 4.69) is 101 Å². The van der Waals surface area contributed by atoms with Crippen LogP contribution in [-0.2, 0) is 17.7 Å². The third-order valence-electron chi connectivity index (χ3n) is 4.83. The van der Waals surface area contributed by atoms with E-state index in [9.17, 15) is 0 Å². The van der Waals surface area contributed by atoms with Gasteiger partial charge in [-0.2, -0.15) is 0 Å². The highest BCUT2D eigenvalue weighted by Crippen LogP contribution is 2.61. The molecule has 1 aromatic rings. The summed E-state index contributed by atoms with van der Waals surface area (Å²) in [4.78, 5) is 0. The molecule has 0 aliphatic heterocycles. The van der Waals surface area contributed by atoms with Crippen molar-refractivity contribution in [1.29, 1.82) is 0 Å². The minimum Gasteiger partial charge on any atom is -0.112 e. The molecule has 0 aromatic heterocycles. The number of hydrogen-bond acceptors (Lipinski definition) is 0. The van der Waals surface area contributed by atoms with Gasteiger partial charge in [0.25, 0.3) is 0 Å². The summed E-state index contributed by atoms with van der Waals surface area (Å²) in [6.45, 7) is 28.7. The fourth-order valence-electron chi connectivity index (χ4n) is 3.42. The zero-order valence-electron chi connectivity index (χ0n) is 19.6. The van der Waals surface area contributed by atoms with E-state index < -0.39 is 0 Å². The highest BCUT2D eigenvalue weighted by Gasteiger charge is 2.34. The van der Waals surface area contributed by atoms with Crippen LogP contribution in [0, 0.1) is 0 Å². The Morgan fingerprint density at radius 3 is 1.62 bits per heavy atom. The van der Waals surface area contributed by atoms with Gasteiger partial charge in [0.1, 0.15) is 0 Å². The molecule has 0 spiro atoms. The van der Waals surface area contributed by atoms with Gasteiger partial charge in [-0.05, 0) is 49.9 Å². The summed E-state index contributed by atoms with van der Waals surface area (Å²) in [5.41, 5.74) is 4.90. The van der Waals surface area contributed by atoms with E-state index >= 15 is 0 Å². The van der Waals surface area contributed by atoms with Crippen LogP contribution in [-0.4, -0.2) is 15.5 Å². The highest BCUT2D eigenvalue weighted by atomic mass is 31.1. The van der Waals surface area contributed by atoms with Gasteiger partial charge in [0.2, 0.25) is 0 Å². The van der Waals surface area contributed by atoms with Gasteiger partial charge in [-0.25, -0.2) is 0 Å². The molecule has 0 aliphatic rings. The van der Waals surface area contributed by atoms with Crippen molar-refractivity contribution in [2.24, 2.45) is 0 Å². The molecular formula is C24H44P2. The van der Waals surface area contributed by atoms with Crippen LogP contribution in [0.15, 0.2) is 18.2 Å². The van der Waals surface area contributed by atoms with Crippen molar-refractivity contribution >= 4 is 16.5 Å². The Kier molecular flexibility index (Phi) is 7.62. The molecule has 150 valence electrons. The van der Waals surface area contributed by atoms with Crippen molar-refractivity contribution in [3.05, 3.63) is 34.9 Å². The van der Waals surface area contributed by atoms with Gasteiger partial charge in [0, 0.05) is 0 Å². The Labute approximate surface area is 167 Å². The Bertz CT molecular complexity index is 573. The van der Waals surface area contributed by atoms with Crippen molar-refractivity contribution in [2.45, 2.75) is 116 Å². The van der Waals surface area contributed by atoms with Crippen molar-refractivity contribution in [3.8, 4) is 0 Å². The molecule has 0 amide bonds. The normalized spacial score (nSPS) is 14.7. The maximum absolute atomic E-state index is 2.54. The van der Waals surface area contributed by atoms with Crippen LogP contribution in [0.25, 0.3) is 0 Å². The molecule has 1 aromatic carbocycles. The largest absolute Gasteiger partial charge is 0.112 e. The van der Waals surface area contributed by atoms with Crippen molar-refractivity contribution in [1.82, 2.24) is 0 Å². The first-order valence-electron chi connectivity index (χ1n) is 10.1. The molecule has 0 heterocycles. The highest BCUT2D eigenvalue weighted by molar-refractivity contribution is 7.60. The van der Waals surface area contributed by atoms with E-state index in [0.717, 1.165) is 8.58 Å². The van der Waals surface area contributed by atoms with E-state index in [1.54, 1.807) is 11.1 Å². The Balaban J connectivity index is 3.34. The molecule has 0 radical (unpaired) electrons. The van der Waals surface area contributed by atoms with E-state index in [0.29, 0.717) is 15.5 Å². The third kappa shape index (κ3) is 7.60. The van der Waals surface area contributed by atoms with Gasteiger partial charge in [0.05, 0.1) is 0 Å². The third-order valence-corrected chi connectivity index (χ3v) is 10.3. The van der Waals surface area contributed by atoms with Crippen molar-refractivity contribution in [2.75, 3.05) is 0 Å². The summed E-state index contributed by atoms with van der Waals surface area (Å²) in [7, 11) is 0.857. The lowest BCUT2D eigenvalue weighted by Gasteiger charge is -2.42. The lowest BCUT2D eigenvalue weighted by atomic mass is 9.85. The van der Waals surface area contributed by atoms with Gasteiger partial charge in [-0.3, -0.25) is 0 Å². The fraction of sp³-hybridized carbons (Fsp3) is 0.750. The molecule has 0 fully saturated rings. The predicted molar refractivity (Wildman–Crippen MR) is 127 cm³/mol. The second-order valence-corrected chi connectivity index (χ2v) is 17.8. The van der Waals surface area contributed by atoms with E-state index in [4.69, 9.17) is 0 Å². The summed E-state index contributed by atoms with van der Waals surface area (Å²) in [6, 6.07) is 7.35. The summed E-state index contributed by atoms with van der Waals surface area (Å²) in [5.74, 6) is 0. The van der Waals surface area contributed by atoms with Crippen molar-refractivity contribution in [3.63, 3.8) is 0 Å². The topological polar surface area (TPSA) is 0 Å². The smallest absolute Gasteiger partial charge is 0.00607 e.